The van der Waals surface area contributed by atoms with E-state index in [0.29, 0.717) is 17.2 Å². The van der Waals surface area contributed by atoms with Gasteiger partial charge >= 0.3 is 0 Å². The molecule has 0 saturated carbocycles. The van der Waals surface area contributed by atoms with Gasteiger partial charge in [-0.15, -0.1) is 5.10 Å². The molecule has 2 heterocycles. The Hall–Kier alpha value is -2.02. The first-order valence-corrected chi connectivity index (χ1v) is 6.82. The molecule has 0 aliphatic carbocycles. The molecule has 2 aromatic heterocycles. The van der Waals surface area contributed by atoms with Gasteiger partial charge in [0.25, 0.3) is 0 Å². The summed E-state index contributed by atoms with van der Waals surface area (Å²) in [5, 5.41) is 12.3. The lowest BCUT2D eigenvalue weighted by Crippen LogP contribution is -2.17. The van der Waals surface area contributed by atoms with E-state index in [1.165, 1.54) is 0 Å². The number of hydrogen-bond acceptors (Lipinski definition) is 5. The van der Waals surface area contributed by atoms with E-state index in [9.17, 15) is 0 Å². The van der Waals surface area contributed by atoms with Crippen molar-refractivity contribution in [3.05, 3.63) is 29.2 Å². The highest BCUT2D eigenvalue weighted by atomic mass is 32.1. The molecular formula is C13H17N5OS. The van der Waals surface area contributed by atoms with Crippen molar-refractivity contribution in [3.8, 4) is 11.6 Å². The largest absolute Gasteiger partial charge is 0.434 e. The van der Waals surface area contributed by atoms with Gasteiger partial charge in [-0.3, -0.25) is 4.68 Å². The summed E-state index contributed by atoms with van der Waals surface area (Å²) in [6, 6.07) is 0. The number of hydrogen-bond donors (Lipinski definition) is 1. The number of ether oxygens (including phenoxy) is 1. The second-order valence-electron chi connectivity index (χ2n) is 4.33. The number of thiocarbonyl (C=S) groups is 1. The van der Waals surface area contributed by atoms with Gasteiger partial charge in [0, 0.05) is 7.05 Å². The second-order valence-corrected chi connectivity index (χ2v) is 4.77. The van der Waals surface area contributed by atoms with E-state index in [0.717, 1.165) is 24.1 Å². The molecule has 2 aromatic rings. The zero-order valence-corrected chi connectivity index (χ0v) is 12.6. The molecule has 0 bridgehead atoms. The Morgan fingerprint density at radius 2 is 2.10 bits per heavy atom. The highest BCUT2D eigenvalue weighted by Gasteiger charge is 2.18. The van der Waals surface area contributed by atoms with Crippen molar-refractivity contribution in [1.82, 2.24) is 20.0 Å². The summed E-state index contributed by atoms with van der Waals surface area (Å²) in [5.41, 5.74) is 8.39. The number of rotatable bonds is 5. The average molecular weight is 291 g/mol. The fourth-order valence-corrected chi connectivity index (χ4v) is 2.25. The molecule has 0 spiro atoms. The van der Waals surface area contributed by atoms with E-state index in [1.54, 1.807) is 17.1 Å². The Labute approximate surface area is 123 Å². The fourth-order valence-electron chi connectivity index (χ4n) is 2.04. The van der Waals surface area contributed by atoms with Crippen LogP contribution in [0.3, 0.4) is 0 Å². The van der Waals surface area contributed by atoms with Crippen LogP contribution < -0.4 is 10.5 Å². The van der Waals surface area contributed by atoms with Gasteiger partial charge in [-0.2, -0.15) is 10.2 Å². The molecule has 2 N–H and O–H groups in total. The monoisotopic (exact) mass is 291 g/mol. The molecule has 6 nitrogen and oxygen atoms in total. The third-order valence-corrected chi connectivity index (χ3v) is 3.16. The van der Waals surface area contributed by atoms with E-state index in [2.05, 4.69) is 15.3 Å². The Morgan fingerprint density at radius 3 is 2.60 bits per heavy atom. The van der Waals surface area contributed by atoms with E-state index >= 15 is 0 Å². The quantitative estimate of drug-likeness (QED) is 0.846. The molecule has 0 aliphatic heterocycles. The van der Waals surface area contributed by atoms with Gasteiger partial charge in [-0.05, 0) is 18.4 Å². The van der Waals surface area contributed by atoms with Crippen molar-refractivity contribution in [2.45, 2.75) is 26.7 Å². The smallest absolute Gasteiger partial charge is 0.249 e. The standard InChI is InChI=1S/C13H17N5OS/c1-4-9-10(5-2)16-17-13(11(9)12(14)20)19-8-6-15-18(3)7-8/h6-7H,4-5H2,1-3H3,(H2,14,20). The first kappa shape index (κ1) is 14.4. The zero-order chi connectivity index (χ0) is 14.7. The summed E-state index contributed by atoms with van der Waals surface area (Å²) in [6.45, 7) is 4.06. The minimum atomic E-state index is 0.269. The summed E-state index contributed by atoms with van der Waals surface area (Å²) in [5.74, 6) is 0.908. The number of nitrogens with zero attached hydrogens (tertiary/aromatic N) is 4. The molecule has 0 radical (unpaired) electrons. The van der Waals surface area contributed by atoms with Crippen LogP contribution in [0.25, 0.3) is 0 Å². The molecule has 106 valence electrons. The summed E-state index contributed by atoms with van der Waals surface area (Å²) >= 11 is 5.14. The SMILES string of the molecule is CCc1nnc(Oc2cnn(C)c2)c(C(N)=S)c1CC. The lowest BCUT2D eigenvalue weighted by Gasteiger charge is -2.13. The predicted octanol–water partition coefficient (Wildman–Crippen LogP) is 1.76. The van der Waals surface area contributed by atoms with Crippen LogP contribution in [0, 0.1) is 0 Å². The lowest BCUT2D eigenvalue weighted by atomic mass is 10.0. The highest BCUT2D eigenvalue weighted by molar-refractivity contribution is 7.80. The van der Waals surface area contributed by atoms with Crippen LogP contribution in [0.2, 0.25) is 0 Å². The van der Waals surface area contributed by atoms with Gasteiger partial charge in [0.1, 0.15) is 4.99 Å². The summed E-state index contributed by atoms with van der Waals surface area (Å²) in [7, 11) is 1.81. The molecular weight excluding hydrogens is 274 g/mol. The van der Waals surface area contributed by atoms with Crippen LogP contribution in [0.4, 0.5) is 0 Å². The Kier molecular flexibility index (Phi) is 4.29. The van der Waals surface area contributed by atoms with Gasteiger partial charge in [0.05, 0.1) is 23.7 Å². The molecule has 0 aromatic carbocycles. The highest BCUT2D eigenvalue weighted by Crippen LogP contribution is 2.26. The van der Waals surface area contributed by atoms with E-state index < -0.39 is 0 Å². The van der Waals surface area contributed by atoms with Crippen LogP contribution in [0.15, 0.2) is 12.4 Å². The number of aryl methyl sites for hydroxylation is 2. The normalized spacial score (nSPS) is 10.6. The maximum absolute atomic E-state index is 5.84. The van der Waals surface area contributed by atoms with Crippen LogP contribution in [0.1, 0.15) is 30.7 Å². The van der Waals surface area contributed by atoms with Crippen LogP contribution >= 0.6 is 12.2 Å². The van der Waals surface area contributed by atoms with Crippen molar-refractivity contribution in [3.63, 3.8) is 0 Å². The number of nitrogens with two attached hydrogens (primary N) is 1. The van der Waals surface area contributed by atoms with E-state index in [-0.39, 0.29) is 4.99 Å². The summed E-state index contributed by atoms with van der Waals surface area (Å²) in [6.07, 6.45) is 4.89. The van der Waals surface area contributed by atoms with Gasteiger partial charge in [-0.25, -0.2) is 0 Å². The topological polar surface area (TPSA) is 78.9 Å². The maximum atomic E-state index is 5.84. The molecule has 0 aliphatic rings. The van der Waals surface area contributed by atoms with Crippen LogP contribution in [-0.2, 0) is 19.9 Å². The molecule has 0 atom stereocenters. The van der Waals surface area contributed by atoms with Gasteiger partial charge in [0.15, 0.2) is 5.75 Å². The van der Waals surface area contributed by atoms with Gasteiger partial charge in [0.2, 0.25) is 5.88 Å². The Bertz CT molecular complexity index is 638. The maximum Gasteiger partial charge on any atom is 0.249 e. The summed E-state index contributed by atoms with van der Waals surface area (Å²) in [4.78, 5) is 0.269. The molecule has 0 fully saturated rings. The molecule has 0 saturated heterocycles. The van der Waals surface area contributed by atoms with Crippen molar-refractivity contribution in [2.75, 3.05) is 0 Å². The minimum Gasteiger partial charge on any atom is -0.434 e. The van der Waals surface area contributed by atoms with Gasteiger partial charge < -0.3 is 10.5 Å². The third-order valence-electron chi connectivity index (χ3n) is 2.96. The minimum absolute atomic E-state index is 0.269. The average Bonchev–Trinajstić information content (AvgIpc) is 2.83. The number of aromatic nitrogens is 4. The van der Waals surface area contributed by atoms with Crippen molar-refractivity contribution < 1.29 is 4.74 Å². The van der Waals surface area contributed by atoms with Gasteiger partial charge in [-0.1, -0.05) is 26.1 Å². The Morgan fingerprint density at radius 1 is 1.35 bits per heavy atom. The van der Waals surface area contributed by atoms with Crippen molar-refractivity contribution >= 4 is 17.2 Å². The van der Waals surface area contributed by atoms with E-state index in [4.69, 9.17) is 22.7 Å². The van der Waals surface area contributed by atoms with Crippen molar-refractivity contribution in [1.29, 1.82) is 0 Å². The molecule has 0 amide bonds. The van der Waals surface area contributed by atoms with Crippen LogP contribution in [-0.4, -0.2) is 25.0 Å². The van der Waals surface area contributed by atoms with Crippen LogP contribution in [0.5, 0.6) is 11.6 Å². The Balaban J connectivity index is 2.49. The lowest BCUT2D eigenvalue weighted by molar-refractivity contribution is 0.451. The molecule has 20 heavy (non-hydrogen) atoms. The first-order valence-electron chi connectivity index (χ1n) is 6.41. The van der Waals surface area contributed by atoms with E-state index in [1.807, 2.05) is 20.9 Å². The molecule has 2 rings (SSSR count). The molecule has 7 heteroatoms. The predicted molar refractivity (Wildman–Crippen MR) is 80.0 cm³/mol. The van der Waals surface area contributed by atoms with Crippen molar-refractivity contribution in [2.24, 2.45) is 12.8 Å². The second kappa shape index (κ2) is 5.96. The third kappa shape index (κ3) is 2.77. The zero-order valence-electron chi connectivity index (χ0n) is 11.8. The molecule has 0 unspecified atom stereocenters. The summed E-state index contributed by atoms with van der Waals surface area (Å²) < 4.78 is 7.35. The first-order chi connectivity index (χ1) is 9.56. The fraction of sp³-hybridized carbons (Fsp3) is 0.385.